The van der Waals surface area contributed by atoms with Crippen molar-refractivity contribution in [3.8, 4) is 0 Å². The van der Waals surface area contributed by atoms with Crippen molar-refractivity contribution in [2.75, 3.05) is 46.3 Å². The van der Waals surface area contributed by atoms with Crippen LogP contribution >= 0.6 is 12.4 Å². The first-order chi connectivity index (χ1) is 9.65. The van der Waals surface area contributed by atoms with Crippen LogP contribution in [0.25, 0.3) is 0 Å². The van der Waals surface area contributed by atoms with E-state index in [1.807, 2.05) is 29.0 Å². The average molecular weight is 314 g/mol. The van der Waals surface area contributed by atoms with E-state index in [1.165, 1.54) is 5.56 Å². The molecule has 0 spiro atoms. The minimum atomic E-state index is 0. The minimum Gasteiger partial charge on any atom is -0.340 e. The Bertz CT molecular complexity index is 483. The average Bonchev–Trinajstić information content (AvgIpc) is 3.07. The van der Waals surface area contributed by atoms with Crippen molar-refractivity contribution in [3.63, 3.8) is 0 Å². The molecule has 2 aliphatic heterocycles. The first-order valence-corrected chi connectivity index (χ1v) is 7.32. The lowest BCUT2D eigenvalue weighted by Crippen LogP contribution is -2.49. The van der Waals surface area contributed by atoms with Crippen LogP contribution in [-0.4, -0.2) is 71.8 Å². The van der Waals surface area contributed by atoms with Crippen LogP contribution in [0, 0.1) is 5.92 Å². The van der Waals surface area contributed by atoms with E-state index in [1.54, 1.807) is 0 Å². The highest BCUT2D eigenvalue weighted by Gasteiger charge is 2.37. The molecule has 1 aromatic heterocycles. The van der Waals surface area contributed by atoms with Gasteiger partial charge in [-0.3, -0.25) is 9.48 Å². The largest absolute Gasteiger partial charge is 0.340 e. The van der Waals surface area contributed by atoms with E-state index in [-0.39, 0.29) is 24.2 Å². The topological polar surface area (TPSA) is 53.4 Å². The molecule has 21 heavy (non-hydrogen) atoms. The Balaban J connectivity index is 0.00000161. The van der Waals surface area contributed by atoms with Gasteiger partial charge in [0.05, 0.1) is 12.1 Å². The second-order valence-electron chi connectivity index (χ2n) is 5.95. The van der Waals surface area contributed by atoms with Crippen LogP contribution in [0.3, 0.4) is 0 Å². The molecule has 6 nitrogen and oxygen atoms in total. The molecule has 3 rings (SSSR count). The lowest BCUT2D eigenvalue weighted by molar-refractivity contribution is -0.136. The summed E-state index contributed by atoms with van der Waals surface area (Å²) in [7, 11) is 4.03. The zero-order chi connectivity index (χ0) is 14.1. The number of hydrogen-bond donors (Lipinski definition) is 1. The predicted molar refractivity (Wildman–Crippen MR) is 83.6 cm³/mol. The molecular formula is C14H24ClN5O. The molecular weight excluding hydrogens is 290 g/mol. The van der Waals surface area contributed by atoms with Gasteiger partial charge in [-0.05, 0) is 12.6 Å². The number of aryl methyl sites for hydroxylation is 1. The Labute approximate surface area is 131 Å². The van der Waals surface area contributed by atoms with Gasteiger partial charge in [0.1, 0.15) is 0 Å². The summed E-state index contributed by atoms with van der Waals surface area (Å²) in [5, 5.41) is 7.60. The first-order valence-electron chi connectivity index (χ1n) is 7.32. The highest BCUT2D eigenvalue weighted by Crippen LogP contribution is 2.29. The van der Waals surface area contributed by atoms with Gasteiger partial charge < -0.3 is 15.1 Å². The molecule has 0 aromatic carbocycles. The number of aromatic nitrogens is 2. The molecule has 0 unspecified atom stereocenters. The number of carbonyl (C=O) groups is 1. The number of nitrogens with one attached hydrogen (secondary N) is 1. The molecule has 0 aliphatic carbocycles. The van der Waals surface area contributed by atoms with Crippen molar-refractivity contribution < 1.29 is 4.79 Å². The van der Waals surface area contributed by atoms with Gasteiger partial charge in [0.15, 0.2) is 0 Å². The monoisotopic (exact) mass is 313 g/mol. The van der Waals surface area contributed by atoms with Crippen molar-refractivity contribution in [1.82, 2.24) is 24.9 Å². The van der Waals surface area contributed by atoms with Gasteiger partial charge in [-0.2, -0.15) is 5.10 Å². The van der Waals surface area contributed by atoms with Crippen LogP contribution in [0.1, 0.15) is 11.5 Å². The molecule has 2 aliphatic rings. The second kappa shape index (κ2) is 6.77. The van der Waals surface area contributed by atoms with E-state index >= 15 is 0 Å². The summed E-state index contributed by atoms with van der Waals surface area (Å²) < 4.78 is 1.81. The molecule has 2 fully saturated rings. The van der Waals surface area contributed by atoms with Gasteiger partial charge in [0.25, 0.3) is 0 Å². The Kier molecular flexibility index (Phi) is 5.24. The fraction of sp³-hybridized carbons (Fsp3) is 0.714. The highest BCUT2D eigenvalue weighted by atomic mass is 35.5. The summed E-state index contributed by atoms with van der Waals surface area (Å²) in [5.74, 6) is 0.621. The predicted octanol–water partition coefficient (Wildman–Crippen LogP) is -0.0811. The van der Waals surface area contributed by atoms with Crippen molar-refractivity contribution in [2.24, 2.45) is 13.0 Å². The van der Waals surface area contributed by atoms with E-state index in [9.17, 15) is 4.79 Å². The summed E-state index contributed by atoms with van der Waals surface area (Å²) in [6.07, 6.45) is 3.92. The van der Waals surface area contributed by atoms with Crippen molar-refractivity contribution in [2.45, 2.75) is 5.92 Å². The number of hydrogen-bond acceptors (Lipinski definition) is 4. The summed E-state index contributed by atoms with van der Waals surface area (Å²) in [6, 6.07) is 0. The molecule has 0 saturated carbocycles. The van der Waals surface area contributed by atoms with Crippen molar-refractivity contribution in [1.29, 1.82) is 0 Å². The molecule has 1 amide bonds. The van der Waals surface area contributed by atoms with E-state index in [0.29, 0.717) is 5.91 Å². The first kappa shape index (κ1) is 16.3. The standard InChI is InChI=1S/C14H23N5O.ClH/c1-17-3-5-19(6-4-17)14(20)13-9-15-8-12(13)11-7-16-18(2)10-11;/h7,10,12-13,15H,3-6,8-9H2,1-2H3;1H/t12-,13+;/m1./s1. The third-order valence-electron chi connectivity index (χ3n) is 4.50. The maximum absolute atomic E-state index is 12.7. The summed E-state index contributed by atoms with van der Waals surface area (Å²) >= 11 is 0. The molecule has 2 atom stereocenters. The maximum Gasteiger partial charge on any atom is 0.227 e. The number of piperazine rings is 1. The normalized spacial score (nSPS) is 26.7. The van der Waals surface area contributed by atoms with Crippen molar-refractivity contribution in [3.05, 3.63) is 18.0 Å². The minimum absolute atomic E-state index is 0. The molecule has 0 radical (unpaired) electrons. The molecule has 0 bridgehead atoms. The van der Waals surface area contributed by atoms with Crippen LogP contribution in [0.5, 0.6) is 0 Å². The third-order valence-corrected chi connectivity index (χ3v) is 4.50. The van der Waals surface area contributed by atoms with E-state index in [4.69, 9.17) is 0 Å². The zero-order valence-electron chi connectivity index (χ0n) is 12.7. The summed E-state index contributed by atoms with van der Waals surface area (Å²) in [6.45, 7) is 5.31. The quantitative estimate of drug-likeness (QED) is 0.830. The number of carbonyl (C=O) groups excluding carboxylic acids is 1. The Morgan fingerprint density at radius 2 is 1.95 bits per heavy atom. The van der Waals surface area contributed by atoms with Crippen LogP contribution in [0.15, 0.2) is 12.4 Å². The van der Waals surface area contributed by atoms with Gasteiger partial charge in [0, 0.05) is 58.4 Å². The van der Waals surface area contributed by atoms with Gasteiger partial charge >= 0.3 is 0 Å². The number of rotatable bonds is 2. The van der Waals surface area contributed by atoms with Crippen LogP contribution in [-0.2, 0) is 11.8 Å². The number of nitrogens with zero attached hydrogens (tertiary/aromatic N) is 4. The Hall–Kier alpha value is -1.11. The molecule has 1 N–H and O–H groups in total. The Morgan fingerprint density at radius 1 is 1.24 bits per heavy atom. The van der Waals surface area contributed by atoms with E-state index in [0.717, 1.165) is 39.3 Å². The maximum atomic E-state index is 12.7. The number of halogens is 1. The molecule has 7 heteroatoms. The van der Waals surface area contributed by atoms with Crippen LogP contribution in [0.4, 0.5) is 0 Å². The van der Waals surface area contributed by atoms with E-state index < -0.39 is 0 Å². The summed E-state index contributed by atoms with van der Waals surface area (Å²) in [5.41, 5.74) is 1.17. The lowest BCUT2D eigenvalue weighted by atomic mass is 9.89. The van der Waals surface area contributed by atoms with Gasteiger partial charge in [-0.1, -0.05) is 0 Å². The van der Waals surface area contributed by atoms with Crippen LogP contribution < -0.4 is 5.32 Å². The van der Waals surface area contributed by atoms with Crippen LogP contribution in [0.2, 0.25) is 0 Å². The van der Waals surface area contributed by atoms with Gasteiger partial charge in [-0.25, -0.2) is 0 Å². The molecule has 3 heterocycles. The molecule has 118 valence electrons. The van der Waals surface area contributed by atoms with Gasteiger partial charge in [0.2, 0.25) is 5.91 Å². The number of amides is 1. The third kappa shape index (κ3) is 3.39. The fourth-order valence-electron chi connectivity index (χ4n) is 3.18. The fourth-order valence-corrected chi connectivity index (χ4v) is 3.18. The lowest BCUT2D eigenvalue weighted by Gasteiger charge is -2.34. The Morgan fingerprint density at radius 3 is 2.57 bits per heavy atom. The molecule has 2 saturated heterocycles. The SMILES string of the molecule is CN1CCN(C(=O)[C@H]2CNC[C@@H]2c2cnn(C)c2)CC1.Cl. The smallest absolute Gasteiger partial charge is 0.227 e. The van der Waals surface area contributed by atoms with Crippen molar-refractivity contribution >= 4 is 18.3 Å². The van der Waals surface area contributed by atoms with Gasteiger partial charge in [-0.15, -0.1) is 12.4 Å². The summed E-state index contributed by atoms with van der Waals surface area (Å²) in [4.78, 5) is 17.0. The highest BCUT2D eigenvalue weighted by molar-refractivity contribution is 5.85. The number of likely N-dealkylation sites (N-methyl/N-ethyl adjacent to an activating group) is 1. The van der Waals surface area contributed by atoms with E-state index in [2.05, 4.69) is 22.4 Å². The second-order valence-corrected chi connectivity index (χ2v) is 5.95. The molecule has 1 aromatic rings. The zero-order valence-corrected chi connectivity index (χ0v) is 13.5.